The first-order valence-corrected chi connectivity index (χ1v) is 9.06. The molecule has 0 atom stereocenters. The Kier molecular flexibility index (Phi) is 6.63. The van der Waals surface area contributed by atoms with Crippen LogP contribution in [0.5, 0.6) is 0 Å². The lowest BCUT2D eigenvalue weighted by Crippen LogP contribution is -2.45. The number of likely N-dealkylation sites (tertiary alicyclic amines) is 1. The van der Waals surface area contributed by atoms with Crippen molar-refractivity contribution in [1.29, 1.82) is 0 Å². The third-order valence-corrected chi connectivity index (χ3v) is 4.83. The van der Waals surface area contributed by atoms with Crippen LogP contribution < -0.4 is 5.32 Å². The molecule has 130 valence electrons. The van der Waals surface area contributed by atoms with E-state index in [1.54, 1.807) is 6.20 Å². The number of aromatic nitrogens is 2. The van der Waals surface area contributed by atoms with Gasteiger partial charge in [-0.05, 0) is 52.0 Å². The van der Waals surface area contributed by atoms with Crippen LogP contribution in [0.25, 0.3) is 0 Å². The van der Waals surface area contributed by atoms with E-state index < -0.39 is 0 Å². The summed E-state index contributed by atoms with van der Waals surface area (Å²) in [5.74, 6) is 0.819. The maximum absolute atomic E-state index is 12.4. The fourth-order valence-electron chi connectivity index (χ4n) is 3.28. The van der Waals surface area contributed by atoms with E-state index in [1.165, 1.54) is 19.4 Å². The number of nitrogens with zero attached hydrogens (tertiary/aromatic N) is 3. The van der Waals surface area contributed by atoms with Crippen molar-refractivity contribution >= 4 is 5.91 Å². The number of rotatable bonds is 7. The largest absolute Gasteiger partial charge is 0.349 e. The van der Waals surface area contributed by atoms with Gasteiger partial charge >= 0.3 is 0 Å². The minimum Gasteiger partial charge on any atom is -0.349 e. The van der Waals surface area contributed by atoms with Crippen LogP contribution in [0.2, 0.25) is 0 Å². The highest BCUT2D eigenvalue weighted by Gasteiger charge is 2.22. The number of carbonyl (C=O) groups is 1. The zero-order valence-corrected chi connectivity index (χ0v) is 15.1. The average Bonchev–Trinajstić information content (AvgIpc) is 2.89. The predicted molar refractivity (Wildman–Crippen MR) is 93.6 cm³/mol. The molecule has 5 heteroatoms. The summed E-state index contributed by atoms with van der Waals surface area (Å²) >= 11 is 0. The van der Waals surface area contributed by atoms with Gasteiger partial charge in [-0.15, -0.1) is 0 Å². The molecule has 1 aromatic rings. The second-order valence-electron chi connectivity index (χ2n) is 7.08. The van der Waals surface area contributed by atoms with Crippen LogP contribution in [0.15, 0.2) is 6.20 Å². The van der Waals surface area contributed by atoms with E-state index in [4.69, 9.17) is 0 Å². The highest BCUT2D eigenvalue weighted by molar-refractivity contribution is 5.95. The van der Waals surface area contributed by atoms with E-state index in [9.17, 15) is 4.79 Å². The van der Waals surface area contributed by atoms with Crippen molar-refractivity contribution in [1.82, 2.24) is 20.0 Å². The molecule has 0 spiro atoms. The van der Waals surface area contributed by atoms with Crippen LogP contribution in [-0.4, -0.2) is 46.3 Å². The SMILES string of the molecule is CCn1ncc(C(=O)NC2CCN(CCCC(C)C)CC2)c1C. The molecule has 1 aromatic heterocycles. The van der Waals surface area contributed by atoms with Crippen molar-refractivity contribution in [2.45, 2.75) is 66.0 Å². The maximum atomic E-state index is 12.4. The first kappa shape index (κ1) is 18.0. The highest BCUT2D eigenvalue weighted by atomic mass is 16.1. The van der Waals surface area contributed by atoms with Gasteiger partial charge in [0.1, 0.15) is 0 Å². The molecule has 0 radical (unpaired) electrons. The number of piperidine rings is 1. The van der Waals surface area contributed by atoms with Gasteiger partial charge in [-0.3, -0.25) is 9.48 Å². The standard InChI is InChI=1S/C18H32N4O/c1-5-22-15(4)17(13-19-22)18(23)20-16-8-11-21(12-9-16)10-6-7-14(2)3/h13-14,16H,5-12H2,1-4H3,(H,20,23). The van der Waals surface area contributed by atoms with Crippen molar-refractivity contribution in [3.05, 3.63) is 17.5 Å². The molecule has 1 saturated heterocycles. The van der Waals surface area contributed by atoms with Crippen LogP contribution in [0.1, 0.15) is 62.5 Å². The molecule has 0 aromatic carbocycles. The Morgan fingerprint density at radius 2 is 2.09 bits per heavy atom. The topological polar surface area (TPSA) is 50.2 Å². The van der Waals surface area contributed by atoms with E-state index in [2.05, 4.69) is 29.2 Å². The second-order valence-corrected chi connectivity index (χ2v) is 7.08. The van der Waals surface area contributed by atoms with Gasteiger partial charge in [-0.2, -0.15) is 5.10 Å². The molecule has 0 saturated carbocycles. The van der Waals surface area contributed by atoms with Gasteiger partial charge < -0.3 is 10.2 Å². The van der Waals surface area contributed by atoms with E-state index in [0.717, 1.165) is 44.1 Å². The summed E-state index contributed by atoms with van der Waals surface area (Å²) in [5.41, 5.74) is 1.67. The quantitative estimate of drug-likeness (QED) is 0.840. The minimum atomic E-state index is 0.0282. The molecule has 5 nitrogen and oxygen atoms in total. The Morgan fingerprint density at radius 3 is 2.65 bits per heavy atom. The lowest BCUT2D eigenvalue weighted by Gasteiger charge is -2.32. The number of carbonyl (C=O) groups excluding carboxylic acids is 1. The summed E-state index contributed by atoms with van der Waals surface area (Å²) in [4.78, 5) is 14.9. The summed E-state index contributed by atoms with van der Waals surface area (Å²) in [6, 6.07) is 0.299. The lowest BCUT2D eigenvalue weighted by molar-refractivity contribution is 0.0909. The zero-order chi connectivity index (χ0) is 16.8. The summed E-state index contributed by atoms with van der Waals surface area (Å²) in [5, 5.41) is 7.45. The number of aryl methyl sites for hydroxylation is 1. The third-order valence-electron chi connectivity index (χ3n) is 4.83. The van der Waals surface area contributed by atoms with Crippen molar-refractivity contribution in [2.24, 2.45) is 5.92 Å². The summed E-state index contributed by atoms with van der Waals surface area (Å²) < 4.78 is 1.87. The first-order valence-electron chi connectivity index (χ1n) is 9.06. The van der Waals surface area contributed by atoms with Crippen molar-refractivity contribution in [3.8, 4) is 0 Å². The predicted octanol–water partition coefficient (Wildman–Crippen LogP) is 2.84. The number of amides is 1. The molecule has 2 rings (SSSR count). The number of hydrogen-bond acceptors (Lipinski definition) is 3. The molecule has 23 heavy (non-hydrogen) atoms. The molecule has 0 unspecified atom stereocenters. The van der Waals surface area contributed by atoms with E-state index >= 15 is 0 Å². The molecule has 2 heterocycles. The van der Waals surface area contributed by atoms with Crippen LogP contribution in [0, 0.1) is 12.8 Å². The monoisotopic (exact) mass is 320 g/mol. The lowest BCUT2D eigenvalue weighted by atomic mass is 10.0. The minimum absolute atomic E-state index is 0.0282. The van der Waals surface area contributed by atoms with E-state index in [-0.39, 0.29) is 5.91 Å². The van der Waals surface area contributed by atoms with Crippen molar-refractivity contribution in [2.75, 3.05) is 19.6 Å². The van der Waals surface area contributed by atoms with Crippen LogP contribution in [0.4, 0.5) is 0 Å². The molecule has 1 aliphatic heterocycles. The maximum Gasteiger partial charge on any atom is 0.254 e. The summed E-state index contributed by atoms with van der Waals surface area (Å²) in [6.07, 6.45) is 6.37. The summed E-state index contributed by atoms with van der Waals surface area (Å²) in [7, 11) is 0. The molecular weight excluding hydrogens is 288 g/mol. The Hall–Kier alpha value is -1.36. The smallest absolute Gasteiger partial charge is 0.254 e. The summed E-state index contributed by atoms with van der Waals surface area (Å²) in [6.45, 7) is 12.7. The van der Waals surface area contributed by atoms with Crippen molar-refractivity contribution in [3.63, 3.8) is 0 Å². The normalized spacial score (nSPS) is 16.9. The van der Waals surface area contributed by atoms with Crippen LogP contribution in [-0.2, 0) is 6.54 Å². The van der Waals surface area contributed by atoms with E-state index in [0.29, 0.717) is 11.6 Å². The number of hydrogen-bond donors (Lipinski definition) is 1. The molecule has 1 aliphatic rings. The van der Waals surface area contributed by atoms with Gasteiger partial charge in [0, 0.05) is 31.4 Å². The van der Waals surface area contributed by atoms with Gasteiger partial charge in [0.2, 0.25) is 0 Å². The molecule has 0 aliphatic carbocycles. The van der Waals surface area contributed by atoms with Crippen LogP contribution in [0.3, 0.4) is 0 Å². The highest BCUT2D eigenvalue weighted by Crippen LogP contribution is 2.14. The zero-order valence-electron chi connectivity index (χ0n) is 15.1. The molecule has 0 bridgehead atoms. The van der Waals surface area contributed by atoms with Gasteiger partial charge in [0.05, 0.1) is 11.8 Å². The fraction of sp³-hybridized carbons (Fsp3) is 0.778. The second kappa shape index (κ2) is 8.48. The Morgan fingerprint density at radius 1 is 1.39 bits per heavy atom. The number of nitrogens with one attached hydrogen (secondary N) is 1. The van der Waals surface area contributed by atoms with Crippen LogP contribution >= 0.6 is 0 Å². The Bertz CT molecular complexity index is 501. The van der Waals surface area contributed by atoms with Crippen molar-refractivity contribution < 1.29 is 4.79 Å². The van der Waals surface area contributed by atoms with Gasteiger partial charge in [0.15, 0.2) is 0 Å². The first-order chi connectivity index (χ1) is 11.0. The third kappa shape index (κ3) is 5.06. The average molecular weight is 320 g/mol. The molecular formula is C18H32N4O. The van der Waals surface area contributed by atoms with E-state index in [1.807, 2.05) is 18.5 Å². The molecule has 1 fully saturated rings. The fourth-order valence-corrected chi connectivity index (χ4v) is 3.28. The Labute approximate surface area is 140 Å². The molecule has 1 N–H and O–H groups in total. The molecule has 1 amide bonds. The van der Waals surface area contributed by atoms with Gasteiger partial charge in [-0.25, -0.2) is 0 Å². The van der Waals surface area contributed by atoms with Gasteiger partial charge in [0.25, 0.3) is 5.91 Å². The van der Waals surface area contributed by atoms with Gasteiger partial charge in [-0.1, -0.05) is 13.8 Å². The Balaban J connectivity index is 1.75.